The quantitative estimate of drug-likeness (QED) is 0.0327. The molecule has 6 rings (SSSR count). The maximum atomic E-state index is 14.4. The number of ketones is 1. The van der Waals surface area contributed by atoms with Gasteiger partial charge in [0.25, 0.3) is 11.8 Å². The number of hydrogen-bond acceptors (Lipinski definition) is 10. The number of piperidine rings is 1. The number of carbonyl (C=O) groups is 8. The number of hydrogen-bond donors (Lipinski definition) is 6. The zero-order valence-electron chi connectivity index (χ0n) is 38.2. The van der Waals surface area contributed by atoms with E-state index < -0.39 is 72.5 Å². The molecule has 4 atom stereocenters. The van der Waals surface area contributed by atoms with Crippen molar-refractivity contribution in [3.8, 4) is 11.8 Å². The minimum atomic E-state index is -5.83. The number of nitrogens with zero attached hydrogens (tertiary/aromatic N) is 2. The van der Waals surface area contributed by atoms with Gasteiger partial charge in [-0.25, -0.2) is 0 Å². The van der Waals surface area contributed by atoms with Crippen LogP contribution in [0.15, 0.2) is 42.5 Å². The molecule has 1 unspecified atom stereocenters. The van der Waals surface area contributed by atoms with Crippen molar-refractivity contribution in [3.05, 3.63) is 69.6 Å². The number of nitrogens with one attached hydrogen (secondary N) is 3. The Morgan fingerprint density at radius 1 is 0.957 bits per heavy atom. The van der Waals surface area contributed by atoms with Gasteiger partial charge in [-0.3, -0.25) is 48.2 Å². The highest BCUT2D eigenvalue weighted by Crippen LogP contribution is 2.59. The molecule has 0 spiro atoms. The summed E-state index contributed by atoms with van der Waals surface area (Å²) in [4.78, 5) is 125. The second-order valence-corrected chi connectivity index (χ2v) is 20.4. The van der Waals surface area contributed by atoms with E-state index in [2.05, 4.69) is 27.8 Å². The Labute approximate surface area is 401 Å². The van der Waals surface area contributed by atoms with Crippen molar-refractivity contribution in [2.75, 3.05) is 6.54 Å². The molecule has 17 nitrogen and oxygen atoms in total. The van der Waals surface area contributed by atoms with Gasteiger partial charge in [0.1, 0.15) is 18.1 Å². The van der Waals surface area contributed by atoms with Gasteiger partial charge in [-0.2, -0.15) is 8.78 Å². The van der Waals surface area contributed by atoms with Crippen LogP contribution in [0.3, 0.4) is 0 Å². The summed E-state index contributed by atoms with van der Waals surface area (Å²) < 4.78 is 40.7. The first kappa shape index (κ1) is 52.5. The third-order valence-corrected chi connectivity index (χ3v) is 14.8. The number of nitrogens with two attached hydrogens (primary N) is 1. The molecule has 2 saturated heterocycles. The molecular formula is C48H57F2N6O11PS. The monoisotopic (exact) mass is 994 g/mol. The Morgan fingerprint density at radius 3 is 2.43 bits per heavy atom. The summed E-state index contributed by atoms with van der Waals surface area (Å²) in [6.45, 7) is 2.35. The van der Waals surface area contributed by atoms with E-state index >= 15 is 0 Å². The summed E-state index contributed by atoms with van der Waals surface area (Å²) in [6.07, 6.45) is 6.97. The minimum Gasteiger partial charge on any atom is -0.370 e. The topological polar surface area (TPSA) is 263 Å². The number of alkyl halides is 2. The van der Waals surface area contributed by atoms with Crippen LogP contribution in [-0.4, -0.2) is 97.4 Å². The van der Waals surface area contributed by atoms with E-state index in [1.807, 2.05) is 13.0 Å². The lowest BCUT2D eigenvalue weighted by atomic mass is 9.99. The summed E-state index contributed by atoms with van der Waals surface area (Å²) in [5.74, 6) is 2.60. The lowest BCUT2D eigenvalue weighted by Crippen LogP contribution is -2.55. The summed E-state index contributed by atoms with van der Waals surface area (Å²) in [7, 11) is -5.83. The number of halogens is 2. The number of benzene rings is 2. The van der Waals surface area contributed by atoms with Gasteiger partial charge >= 0.3 is 13.3 Å². The number of unbranched alkanes of at least 4 members (excludes halogenated alkanes) is 6. The summed E-state index contributed by atoms with van der Waals surface area (Å²) in [5.41, 5.74) is 2.03. The number of carbonyl (C=O) groups excluding carboxylic acids is 8. The molecule has 2 fully saturated rings. The molecule has 3 aliphatic heterocycles. The van der Waals surface area contributed by atoms with Gasteiger partial charge < -0.3 is 36.0 Å². The molecule has 4 heterocycles. The second-order valence-electron chi connectivity index (χ2n) is 17.6. The van der Waals surface area contributed by atoms with Gasteiger partial charge in [-0.15, -0.1) is 11.3 Å². The summed E-state index contributed by atoms with van der Waals surface area (Å²) in [6, 6.07) is 5.90. The van der Waals surface area contributed by atoms with E-state index in [-0.39, 0.29) is 79.5 Å². The molecule has 3 aromatic rings. The molecule has 0 bridgehead atoms. The van der Waals surface area contributed by atoms with Crippen LogP contribution in [0, 0.1) is 11.8 Å². The predicted octanol–water partition coefficient (Wildman–Crippen LogP) is 5.27. The molecule has 2 aromatic carbocycles. The Bertz CT molecular complexity index is 2610. The smallest absolute Gasteiger partial charge is 0.370 e. The SMILES string of the molecule is CCCC[C@H](NC(=O)c1cc2cc(C(F)(F)P(=O)(O)O)ccc2s1)C(=O)N1CCC[C@H]1C(=O)N[C@@H](CCC(N)=O)C(=O)CCCCCCCC#Cc1cccc2c1CN(C1CCC(=O)NC1=O)C2=O. The van der Waals surface area contributed by atoms with Crippen LogP contribution >= 0.6 is 18.9 Å². The Hall–Kier alpha value is -5.87. The highest BCUT2D eigenvalue weighted by atomic mass is 32.1. The van der Waals surface area contributed by atoms with Crippen LogP contribution in [0.2, 0.25) is 0 Å². The van der Waals surface area contributed by atoms with Gasteiger partial charge in [-0.05, 0) is 86.2 Å². The number of rotatable bonds is 22. The lowest BCUT2D eigenvalue weighted by Gasteiger charge is -2.30. The fraction of sp³-hybridized carbons (Fsp3) is 0.500. The van der Waals surface area contributed by atoms with Gasteiger partial charge in [0.05, 0.1) is 10.9 Å². The first-order valence-corrected chi connectivity index (χ1v) is 25.7. The summed E-state index contributed by atoms with van der Waals surface area (Å²) >= 11 is 0.948. The lowest BCUT2D eigenvalue weighted by molar-refractivity contribution is -0.140. The van der Waals surface area contributed by atoms with E-state index in [0.717, 1.165) is 54.7 Å². The normalized spacial score (nSPS) is 18.0. The zero-order valence-corrected chi connectivity index (χ0v) is 39.9. The largest absolute Gasteiger partial charge is 0.399 e. The van der Waals surface area contributed by atoms with Crippen molar-refractivity contribution in [2.45, 2.75) is 146 Å². The molecule has 370 valence electrons. The molecule has 0 aliphatic carbocycles. The first-order valence-electron chi connectivity index (χ1n) is 23.3. The number of Topliss-reactive ketones (excluding diaryl/α,β-unsaturated/α-hetero) is 1. The number of thiophene rings is 1. The minimum absolute atomic E-state index is 0.0181. The van der Waals surface area contributed by atoms with Crippen molar-refractivity contribution in [3.63, 3.8) is 0 Å². The van der Waals surface area contributed by atoms with E-state index in [1.54, 1.807) is 12.1 Å². The summed E-state index contributed by atoms with van der Waals surface area (Å²) in [5, 5.41) is 7.97. The molecule has 69 heavy (non-hydrogen) atoms. The highest BCUT2D eigenvalue weighted by molar-refractivity contribution is 7.52. The third-order valence-electron chi connectivity index (χ3n) is 12.7. The molecule has 1 aromatic heterocycles. The standard InChI is InChI=1S/C48H57F2N6O11PS/c1-2-3-16-35(53-45(62)40-27-30-26-31(19-22-39(30)69-40)48(49,50)68(65,66)67)47(64)55-25-12-17-36(55)43(60)52-34(20-23-41(51)58)38(57)18-10-8-6-4-5-7-9-13-29-14-11-15-32-33(29)28-56(46(32)63)37-21-24-42(59)54-44(37)61/h11,14-15,19,22,26-27,34-37H,2-8,10,12,16-18,20-21,23-25,28H2,1H3,(H2,51,58)(H,52,60)(H,53,62)(H,54,59,61)(H2,65,66,67)/t34-,35-,36-,37?/m0/s1. The van der Waals surface area contributed by atoms with Gasteiger partial charge in [-0.1, -0.05) is 63.0 Å². The number of imide groups is 1. The average molecular weight is 995 g/mol. The van der Waals surface area contributed by atoms with E-state index in [9.17, 15) is 61.5 Å². The molecule has 7 amide bonds. The Kier molecular flexibility index (Phi) is 17.6. The molecule has 0 radical (unpaired) electrons. The van der Waals surface area contributed by atoms with Crippen LogP contribution in [0.25, 0.3) is 10.1 Å². The number of fused-ring (bicyclic) bond motifs is 2. The van der Waals surface area contributed by atoms with Crippen molar-refractivity contribution in [2.24, 2.45) is 5.73 Å². The van der Waals surface area contributed by atoms with E-state index in [1.165, 1.54) is 21.9 Å². The van der Waals surface area contributed by atoms with E-state index in [0.29, 0.717) is 54.4 Å². The molecule has 0 saturated carbocycles. The maximum Gasteiger partial charge on any atom is 0.399 e. The van der Waals surface area contributed by atoms with E-state index in [4.69, 9.17) is 5.73 Å². The fourth-order valence-electron chi connectivity index (χ4n) is 8.85. The van der Waals surface area contributed by atoms with Crippen LogP contribution in [0.5, 0.6) is 0 Å². The molecular weight excluding hydrogens is 938 g/mol. The van der Waals surface area contributed by atoms with Crippen LogP contribution < -0.4 is 21.7 Å². The number of likely N-dealkylation sites (tertiary alicyclic amines) is 1. The van der Waals surface area contributed by atoms with Crippen molar-refractivity contribution >= 4 is 76.2 Å². The highest BCUT2D eigenvalue weighted by Gasteiger charge is 2.50. The van der Waals surface area contributed by atoms with Crippen molar-refractivity contribution < 1.29 is 61.5 Å². The van der Waals surface area contributed by atoms with Gasteiger partial charge in [0.2, 0.25) is 29.5 Å². The maximum absolute atomic E-state index is 14.4. The predicted molar refractivity (Wildman–Crippen MR) is 250 cm³/mol. The molecule has 7 N–H and O–H groups in total. The van der Waals surface area contributed by atoms with Crippen LogP contribution in [-0.2, 0) is 45.5 Å². The van der Waals surface area contributed by atoms with Crippen molar-refractivity contribution in [1.82, 2.24) is 25.8 Å². The molecule has 21 heteroatoms. The molecule has 3 aliphatic rings. The van der Waals surface area contributed by atoms with Crippen molar-refractivity contribution in [1.29, 1.82) is 0 Å². The Morgan fingerprint density at radius 2 is 1.71 bits per heavy atom. The number of amides is 7. The van der Waals surface area contributed by atoms with Crippen LogP contribution in [0.4, 0.5) is 8.78 Å². The van der Waals surface area contributed by atoms with Gasteiger partial charge in [0, 0.05) is 60.2 Å². The third kappa shape index (κ3) is 12.9. The fourth-order valence-corrected chi connectivity index (χ4v) is 10.3. The van der Waals surface area contributed by atoms with Gasteiger partial charge in [0.15, 0.2) is 5.78 Å². The zero-order chi connectivity index (χ0) is 50.0. The second kappa shape index (κ2) is 23.2. The average Bonchev–Trinajstić information content (AvgIpc) is 4.05. The first-order chi connectivity index (χ1) is 32.8. The van der Waals surface area contributed by atoms with Crippen LogP contribution in [0.1, 0.15) is 146 Å². The number of primary amides is 1. The Balaban J connectivity index is 0.981.